The maximum absolute atomic E-state index is 5.98. The first-order valence-corrected chi connectivity index (χ1v) is 6.16. The first-order chi connectivity index (χ1) is 6.76. The Morgan fingerprint density at radius 3 is 2.36 bits per heavy atom. The third kappa shape index (κ3) is 2.29. The van der Waals surface area contributed by atoms with Gasteiger partial charge in [0.05, 0.1) is 0 Å². The molecule has 0 aromatic rings. The van der Waals surface area contributed by atoms with E-state index in [4.69, 9.17) is 5.73 Å². The molecule has 2 fully saturated rings. The third-order valence-corrected chi connectivity index (χ3v) is 4.10. The standard InChI is InChI=1S/C12H24N2/c1-14(11-5-6-11)10-12(9-13)7-3-2-4-8-12/h11H,2-10,13H2,1H3. The van der Waals surface area contributed by atoms with E-state index in [1.165, 1.54) is 51.5 Å². The van der Waals surface area contributed by atoms with Crippen molar-refractivity contribution in [1.82, 2.24) is 4.90 Å². The lowest BCUT2D eigenvalue weighted by atomic mass is 9.74. The van der Waals surface area contributed by atoms with Crippen LogP contribution in [0.25, 0.3) is 0 Å². The third-order valence-electron chi connectivity index (χ3n) is 4.10. The SMILES string of the molecule is CN(CC1(CN)CCCCC1)C1CC1. The lowest BCUT2D eigenvalue weighted by molar-refractivity contribution is 0.124. The second-order valence-electron chi connectivity index (χ2n) is 5.41. The molecule has 2 aliphatic rings. The molecule has 0 unspecified atom stereocenters. The van der Waals surface area contributed by atoms with Crippen LogP contribution in [0.1, 0.15) is 44.9 Å². The van der Waals surface area contributed by atoms with Gasteiger partial charge in [-0.1, -0.05) is 19.3 Å². The highest BCUT2D eigenvalue weighted by atomic mass is 15.2. The van der Waals surface area contributed by atoms with Gasteiger partial charge in [-0.25, -0.2) is 0 Å². The molecule has 2 aliphatic carbocycles. The zero-order valence-electron chi connectivity index (χ0n) is 9.47. The molecule has 2 saturated carbocycles. The molecule has 0 aromatic carbocycles. The van der Waals surface area contributed by atoms with Gasteiger partial charge in [0.2, 0.25) is 0 Å². The molecule has 2 rings (SSSR count). The van der Waals surface area contributed by atoms with Crippen molar-refractivity contribution in [2.45, 2.75) is 51.0 Å². The minimum Gasteiger partial charge on any atom is -0.330 e. The van der Waals surface area contributed by atoms with Crippen LogP contribution in [-0.4, -0.2) is 31.1 Å². The average molecular weight is 196 g/mol. The van der Waals surface area contributed by atoms with E-state index in [9.17, 15) is 0 Å². The minimum atomic E-state index is 0.468. The van der Waals surface area contributed by atoms with Crippen LogP contribution in [0.3, 0.4) is 0 Å². The monoisotopic (exact) mass is 196 g/mol. The quantitative estimate of drug-likeness (QED) is 0.745. The zero-order valence-corrected chi connectivity index (χ0v) is 9.47. The Morgan fingerprint density at radius 1 is 1.21 bits per heavy atom. The molecule has 0 radical (unpaired) electrons. The highest BCUT2D eigenvalue weighted by molar-refractivity contribution is 4.91. The fourth-order valence-corrected chi connectivity index (χ4v) is 2.90. The molecule has 0 amide bonds. The largest absolute Gasteiger partial charge is 0.330 e. The Bertz CT molecular complexity index is 181. The van der Waals surface area contributed by atoms with Gasteiger partial charge in [-0.3, -0.25) is 0 Å². The van der Waals surface area contributed by atoms with Gasteiger partial charge in [0.1, 0.15) is 0 Å². The molecule has 82 valence electrons. The summed E-state index contributed by atoms with van der Waals surface area (Å²) < 4.78 is 0. The van der Waals surface area contributed by atoms with Crippen molar-refractivity contribution in [3.63, 3.8) is 0 Å². The van der Waals surface area contributed by atoms with Crippen LogP contribution in [0.2, 0.25) is 0 Å². The van der Waals surface area contributed by atoms with Gasteiger partial charge < -0.3 is 10.6 Å². The first kappa shape index (κ1) is 10.4. The number of nitrogens with two attached hydrogens (primary N) is 1. The van der Waals surface area contributed by atoms with Crippen molar-refractivity contribution in [3.05, 3.63) is 0 Å². The van der Waals surface area contributed by atoms with Crippen LogP contribution in [0.4, 0.5) is 0 Å². The van der Waals surface area contributed by atoms with E-state index in [-0.39, 0.29) is 0 Å². The Balaban J connectivity index is 1.89. The molecule has 0 atom stereocenters. The van der Waals surface area contributed by atoms with Gasteiger partial charge in [-0.15, -0.1) is 0 Å². The van der Waals surface area contributed by atoms with E-state index >= 15 is 0 Å². The zero-order chi connectivity index (χ0) is 10.0. The number of hydrogen-bond acceptors (Lipinski definition) is 2. The summed E-state index contributed by atoms with van der Waals surface area (Å²) in [5.74, 6) is 0. The predicted octanol–water partition coefficient (Wildman–Crippen LogP) is 1.99. The molecule has 2 heteroatoms. The molecule has 0 saturated heterocycles. The van der Waals surface area contributed by atoms with Gasteiger partial charge in [0.15, 0.2) is 0 Å². The number of rotatable bonds is 4. The molecular weight excluding hydrogens is 172 g/mol. The number of hydrogen-bond donors (Lipinski definition) is 1. The van der Waals surface area contributed by atoms with E-state index < -0.39 is 0 Å². The molecule has 0 aliphatic heterocycles. The number of nitrogens with zero attached hydrogens (tertiary/aromatic N) is 1. The molecule has 0 spiro atoms. The topological polar surface area (TPSA) is 29.3 Å². The van der Waals surface area contributed by atoms with Gasteiger partial charge in [0.25, 0.3) is 0 Å². The van der Waals surface area contributed by atoms with E-state index in [1.54, 1.807) is 0 Å². The lowest BCUT2D eigenvalue weighted by Gasteiger charge is -2.39. The summed E-state index contributed by atoms with van der Waals surface area (Å²) in [5.41, 5.74) is 6.45. The smallest absolute Gasteiger partial charge is 0.00936 e. The van der Waals surface area contributed by atoms with Crippen molar-refractivity contribution in [2.24, 2.45) is 11.1 Å². The molecule has 0 bridgehead atoms. The van der Waals surface area contributed by atoms with Gasteiger partial charge in [-0.2, -0.15) is 0 Å². The van der Waals surface area contributed by atoms with Gasteiger partial charge in [-0.05, 0) is 44.7 Å². The Labute approximate surface area is 87.8 Å². The van der Waals surface area contributed by atoms with Crippen LogP contribution in [0, 0.1) is 5.41 Å². The highest BCUT2D eigenvalue weighted by Crippen LogP contribution is 2.38. The van der Waals surface area contributed by atoms with Gasteiger partial charge >= 0.3 is 0 Å². The summed E-state index contributed by atoms with van der Waals surface area (Å²) in [7, 11) is 2.28. The maximum atomic E-state index is 5.98. The summed E-state index contributed by atoms with van der Waals surface area (Å²) in [6.45, 7) is 2.14. The normalized spacial score (nSPS) is 26.8. The fourth-order valence-electron chi connectivity index (χ4n) is 2.90. The first-order valence-electron chi connectivity index (χ1n) is 6.16. The lowest BCUT2D eigenvalue weighted by Crippen LogP contribution is -2.43. The highest BCUT2D eigenvalue weighted by Gasteiger charge is 2.35. The van der Waals surface area contributed by atoms with Crippen LogP contribution in [0.15, 0.2) is 0 Å². The van der Waals surface area contributed by atoms with Crippen LogP contribution >= 0.6 is 0 Å². The maximum Gasteiger partial charge on any atom is 0.00936 e. The summed E-state index contributed by atoms with van der Waals surface area (Å²) in [5, 5.41) is 0. The Hall–Kier alpha value is -0.0800. The molecule has 2 N–H and O–H groups in total. The van der Waals surface area contributed by atoms with Crippen molar-refractivity contribution in [1.29, 1.82) is 0 Å². The van der Waals surface area contributed by atoms with Crippen molar-refractivity contribution >= 4 is 0 Å². The van der Waals surface area contributed by atoms with E-state index in [2.05, 4.69) is 11.9 Å². The average Bonchev–Trinajstić information content (AvgIpc) is 3.02. The van der Waals surface area contributed by atoms with Crippen LogP contribution in [0.5, 0.6) is 0 Å². The Morgan fingerprint density at radius 2 is 1.86 bits per heavy atom. The van der Waals surface area contributed by atoms with Crippen molar-refractivity contribution in [2.75, 3.05) is 20.1 Å². The van der Waals surface area contributed by atoms with Crippen LogP contribution < -0.4 is 5.73 Å². The van der Waals surface area contributed by atoms with Crippen molar-refractivity contribution < 1.29 is 0 Å². The fraction of sp³-hybridized carbons (Fsp3) is 1.00. The predicted molar refractivity (Wildman–Crippen MR) is 60.2 cm³/mol. The second kappa shape index (κ2) is 4.19. The molecule has 2 nitrogen and oxygen atoms in total. The molecule has 0 heterocycles. The van der Waals surface area contributed by atoms with Crippen LogP contribution in [-0.2, 0) is 0 Å². The van der Waals surface area contributed by atoms with E-state index in [0.717, 1.165) is 12.6 Å². The minimum absolute atomic E-state index is 0.468. The van der Waals surface area contributed by atoms with Crippen molar-refractivity contribution in [3.8, 4) is 0 Å². The molecular formula is C12H24N2. The summed E-state index contributed by atoms with van der Waals surface area (Å²) in [6, 6.07) is 0.889. The molecule has 14 heavy (non-hydrogen) atoms. The summed E-state index contributed by atoms with van der Waals surface area (Å²) >= 11 is 0. The molecule has 0 aromatic heterocycles. The summed E-state index contributed by atoms with van der Waals surface area (Å²) in [6.07, 6.45) is 9.77. The summed E-state index contributed by atoms with van der Waals surface area (Å²) in [4.78, 5) is 2.55. The van der Waals surface area contributed by atoms with E-state index in [1.807, 2.05) is 0 Å². The van der Waals surface area contributed by atoms with Gasteiger partial charge in [0, 0.05) is 12.6 Å². The van der Waals surface area contributed by atoms with E-state index in [0.29, 0.717) is 5.41 Å². The second-order valence-corrected chi connectivity index (χ2v) is 5.41. The Kier molecular flexibility index (Phi) is 3.13.